The van der Waals surface area contributed by atoms with E-state index >= 15 is 0 Å². The van der Waals surface area contributed by atoms with Crippen molar-refractivity contribution in [1.29, 1.82) is 0 Å². The number of hydrogen-bond donors (Lipinski definition) is 2. The number of nitrogens with one attached hydrogen (secondary N) is 1. The molecular formula is C12H21N3O3S. The summed E-state index contributed by atoms with van der Waals surface area (Å²) in [6.45, 7) is 4.53. The maximum Gasteiger partial charge on any atom is 0.327 e. The Labute approximate surface area is 117 Å². The van der Waals surface area contributed by atoms with Crippen LogP contribution in [-0.4, -0.2) is 83.6 Å². The molecule has 2 heterocycles. The van der Waals surface area contributed by atoms with Crippen molar-refractivity contribution in [1.82, 2.24) is 15.1 Å². The van der Waals surface area contributed by atoms with Crippen LogP contribution >= 0.6 is 11.8 Å². The molecule has 6 nitrogen and oxygen atoms in total. The highest BCUT2D eigenvalue weighted by molar-refractivity contribution is 7.99. The molecule has 0 aromatic heterocycles. The summed E-state index contributed by atoms with van der Waals surface area (Å²) < 4.78 is 0. The fourth-order valence-corrected chi connectivity index (χ4v) is 3.49. The van der Waals surface area contributed by atoms with Gasteiger partial charge in [-0.2, -0.15) is 11.8 Å². The van der Waals surface area contributed by atoms with Gasteiger partial charge in [0.2, 0.25) is 5.91 Å². The van der Waals surface area contributed by atoms with E-state index in [1.54, 1.807) is 11.8 Å². The number of carbonyl (C=O) groups is 2. The predicted octanol–water partition coefficient (Wildman–Crippen LogP) is -0.690. The summed E-state index contributed by atoms with van der Waals surface area (Å²) in [7, 11) is 0. The van der Waals surface area contributed by atoms with Crippen molar-refractivity contribution in [2.24, 2.45) is 0 Å². The number of amides is 1. The average molecular weight is 287 g/mol. The maximum absolute atomic E-state index is 12.3. The number of thioether (sulfide) groups is 1. The molecule has 0 spiro atoms. The first-order valence-corrected chi connectivity index (χ1v) is 7.87. The van der Waals surface area contributed by atoms with Gasteiger partial charge in [-0.05, 0) is 19.5 Å². The minimum atomic E-state index is -0.891. The molecule has 1 amide bonds. The van der Waals surface area contributed by atoms with Gasteiger partial charge in [0.1, 0.15) is 6.04 Å². The molecule has 0 radical (unpaired) electrons. The van der Waals surface area contributed by atoms with Crippen LogP contribution in [0.3, 0.4) is 0 Å². The lowest BCUT2D eigenvalue weighted by Gasteiger charge is -2.34. The van der Waals surface area contributed by atoms with Crippen molar-refractivity contribution in [3.8, 4) is 0 Å². The lowest BCUT2D eigenvalue weighted by Crippen LogP contribution is -2.53. The molecule has 2 N–H and O–H groups in total. The lowest BCUT2D eigenvalue weighted by molar-refractivity contribution is -0.149. The van der Waals surface area contributed by atoms with Crippen molar-refractivity contribution in [2.45, 2.75) is 12.5 Å². The van der Waals surface area contributed by atoms with Gasteiger partial charge in [0.25, 0.3) is 0 Å². The number of carboxylic acids is 1. The highest BCUT2D eigenvalue weighted by Crippen LogP contribution is 2.17. The smallest absolute Gasteiger partial charge is 0.327 e. The highest BCUT2D eigenvalue weighted by Gasteiger charge is 2.32. The van der Waals surface area contributed by atoms with Crippen molar-refractivity contribution in [2.75, 3.05) is 50.8 Å². The monoisotopic (exact) mass is 287 g/mol. The molecule has 2 aliphatic heterocycles. The third-order valence-electron chi connectivity index (χ3n) is 3.53. The van der Waals surface area contributed by atoms with Crippen LogP contribution in [0.2, 0.25) is 0 Å². The average Bonchev–Trinajstić information content (AvgIpc) is 2.67. The van der Waals surface area contributed by atoms with Crippen molar-refractivity contribution >= 4 is 23.6 Å². The maximum atomic E-state index is 12.3. The van der Waals surface area contributed by atoms with Gasteiger partial charge in [-0.25, -0.2) is 4.79 Å². The Bertz CT molecular complexity index is 332. The zero-order valence-corrected chi connectivity index (χ0v) is 11.8. The molecule has 2 rings (SSSR count). The Morgan fingerprint density at radius 1 is 1.26 bits per heavy atom. The van der Waals surface area contributed by atoms with E-state index in [0.717, 1.165) is 38.4 Å². The Kier molecular flexibility index (Phi) is 5.47. The molecule has 2 fully saturated rings. The molecule has 19 heavy (non-hydrogen) atoms. The van der Waals surface area contributed by atoms with Crippen LogP contribution < -0.4 is 5.32 Å². The zero-order chi connectivity index (χ0) is 13.7. The summed E-state index contributed by atoms with van der Waals surface area (Å²) in [5.41, 5.74) is 0. The van der Waals surface area contributed by atoms with Crippen LogP contribution in [0.1, 0.15) is 6.42 Å². The Morgan fingerprint density at radius 3 is 2.89 bits per heavy atom. The number of hydrogen-bond acceptors (Lipinski definition) is 5. The fourth-order valence-electron chi connectivity index (χ4n) is 2.45. The van der Waals surface area contributed by atoms with E-state index in [1.807, 2.05) is 0 Å². The second kappa shape index (κ2) is 7.12. The van der Waals surface area contributed by atoms with E-state index in [0.29, 0.717) is 18.8 Å². The molecule has 0 aliphatic carbocycles. The van der Waals surface area contributed by atoms with Gasteiger partial charge >= 0.3 is 5.97 Å². The van der Waals surface area contributed by atoms with Crippen molar-refractivity contribution < 1.29 is 14.7 Å². The number of nitrogens with zero attached hydrogens (tertiary/aromatic N) is 2. The van der Waals surface area contributed by atoms with Crippen LogP contribution in [0.5, 0.6) is 0 Å². The van der Waals surface area contributed by atoms with Crippen LogP contribution in [0.15, 0.2) is 0 Å². The molecule has 7 heteroatoms. The van der Waals surface area contributed by atoms with Crippen LogP contribution in [0.4, 0.5) is 0 Å². The third kappa shape index (κ3) is 4.09. The molecular weight excluding hydrogens is 266 g/mol. The highest BCUT2D eigenvalue weighted by atomic mass is 32.2. The van der Waals surface area contributed by atoms with Crippen molar-refractivity contribution in [3.05, 3.63) is 0 Å². The lowest BCUT2D eigenvalue weighted by atomic mass is 10.2. The second-order valence-electron chi connectivity index (χ2n) is 4.90. The van der Waals surface area contributed by atoms with Gasteiger partial charge in [-0.3, -0.25) is 9.69 Å². The molecule has 0 saturated carbocycles. The van der Waals surface area contributed by atoms with E-state index < -0.39 is 12.0 Å². The summed E-state index contributed by atoms with van der Waals surface area (Å²) >= 11 is 1.60. The summed E-state index contributed by atoms with van der Waals surface area (Å²) in [5.74, 6) is 0.396. The first-order valence-electron chi connectivity index (χ1n) is 6.71. The molecule has 108 valence electrons. The normalized spacial score (nSPS) is 25.9. The quantitative estimate of drug-likeness (QED) is 0.716. The minimum Gasteiger partial charge on any atom is -0.480 e. The molecule has 1 unspecified atom stereocenters. The number of rotatable bonds is 3. The van der Waals surface area contributed by atoms with Crippen LogP contribution in [-0.2, 0) is 9.59 Å². The van der Waals surface area contributed by atoms with E-state index in [-0.39, 0.29) is 5.91 Å². The summed E-state index contributed by atoms with van der Waals surface area (Å²) in [6, 6.07) is -0.656. The van der Waals surface area contributed by atoms with Gasteiger partial charge < -0.3 is 15.3 Å². The Hall–Kier alpha value is -0.790. The van der Waals surface area contributed by atoms with Gasteiger partial charge in [-0.1, -0.05) is 0 Å². The zero-order valence-electron chi connectivity index (χ0n) is 11.0. The minimum absolute atomic E-state index is 0.0467. The molecule has 2 aliphatic rings. The van der Waals surface area contributed by atoms with Crippen LogP contribution in [0.25, 0.3) is 0 Å². The summed E-state index contributed by atoms with van der Waals surface area (Å²) in [6.07, 6.45) is 1.03. The molecule has 2 saturated heterocycles. The summed E-state index contributed by atoms with van der Waals surface area (Å²) in [5, 5.41) is 12.5. The van der Waals surface area contributed by atoms with Gasteiger partial charge in [0.05, 0.1) is 6.54 Å². The standard InChI is InChI=1S/C12H21N3O3S/c16-11(8-14-4-1-2-13-3-5-14)15-6-7-19-9-10(15)12(17)18/h10,13H,1-9H2,(H,17,18). The molecule has 0 aromatic carbocycles. The van der Waals surface area contributed by atoms with Gasteiger partial charge in [-0.15, -0.1) is 0 Å². The Morgan fingerprint density at radius 2 is 2.11 bits per heavy atom. The predicted molar refractivity (Wildman–Crippen MR) is 74.4 cm³/mol. The SMILES string of the molecule is O=C(O)C1CSCCN1C(=O)CN1CCCNCC1. The number of carboxylic acid groups (broad SMARTS) is 1. The molecule has 0 aromatic rings. The van der Waals surface area contributed by atoms with E-state index in [2.05, 4.69) is 10.2 Å². The van der Waals surface area contributed by atoms with E-state index in [9.17, 15) is 14.7 Å². The number of aliphatic carboxylic acids is 1. The van der Waals surface area contributed by atoms with E-state index in [4.69, 9.17) is 0 Å². The Balaban J connectivity index is 1.91. The van der Waals surface area contributed by atoms with Crippen molar-refractivity contribution in [3.63, 3.8) is 0 Å². The molecule has 1 atom stereocenters. The van der Waals surface area contributed by atoms with E-state index in [1.165, 1.54) is 4.90 Å². The first kappa shape index (κ1) is 14.6. The first-order chi connectivity index (χ1) is 9.18. The third-order valence-corrected chi connectivity index (χ3v) is 4.55. The largest absolute Gasteiger partial charge is 0.480 e. The fraction of sp³-hybridized carbons (Fsp3) is 0.833. The topological polar surface area (TPSA) is 72.9 Å². The number of carbonyl (C=O) groups excluding carboxylic acids is 1. The van der Waals surface area contributed by atoms with Gasteiger partial charge in [0.15, 0.2) is 0 Å². The second-order valence-corrected chi connectivity index (χ2v) is 6.05. The summed E-state index contributed by atoms with van der Waals surface area (Å²) in [4.78, 5) is 27.1. The van der Waals surface area contributed by atoms with Gasteiger partial charge in [0, 0.05) is 31.1 Å². The van der Waals surface area contributed by atoms with Crippen LogP contribution in [0, 0.1) is 0 Å². The molecule has 0 bridgehead atoms.